The van der Waals surface area contributed by atoms with E-state index in [2.05, 4.69) is 6.92 Å². The van der Waals surface area contributed by atoms with Crippen LogP contribution < -0.4 is 9.47 Å². The predicted molar refractivity (Wildman–Crippen MR) is 168 cm³/mol. The van der Waals surface area contributed by atoms with Crippen molar-refractivity contribution in [3.05, 3.63) is 83.9 Å². The van der Waals surface area contributed by atoms with Gasteiger partial charge in [0, 0.05) is 12.8 Å². The van der Waals surface area contributed by atoms with Gasteiger partial charge < -0.3 is 18.9 Å². The molecule has 7 heteroatoms. The number of carbonyl (C=O) groups excluding carboxylic acids is 3. The summed E-state index contributed by atoms with van der Waals surface area (Å²) in [6.07, 6.45) is 8.18. The van der Waals surface area contributed by atoms with E-state index < -0.39 is 5.97 Å². The average Bonchev–Trinajstić information content (AvgIpc) is 3.02. The maximum Gasteiger partial charge on any atom is 0.343 e. The molecule has 0 heterocycles. The second kappa shape index (κ2) is 18.4. The first-order valence-corrected chi connectivity index (χ1v) is 15.4. The normalized spacial score (nSPS) is 11.4. The standard InChI is InChI=1S/C36H44O7/c1-4-6-8-9-11-27(3)42-35(38)31-19-23-33(24-20-31)43-36(39)30-15-13-28(14-16-30)29-17-21-32(22-18-29)40-25-10-26-41-34(37)12-7-5-2/h13-24,27H,4-12,25-26H2,1-3H3. The van der Waals surface area contributed by atoms with Gasteiger partial charge >= 0.3 is 17.9 Å². The van der Waals surface area contributed by atoms with Crippen molar-refractivity contribution in [2.45, 2.75) is 84.7 Å². The van der Waals surface area contributed by atoms with Crippen LogP contribution in [-0.2, 0) is 14.3 Å². The van der Waals surface area contributed by atoms with Crippen LogP contribution in [0.25, 0.3) is 11.1 Å². The molecule has 0 aromatic heterocycles. The minimum Gasteiger partial charge on any atom is -0.493 e. The first-order chi connectivity index (χ1) is 20.9. The summed E-state index contributed by atoms with van der Waals surface area (Å²) in [5, 5.41) is 0. The topological polar surface area (TPSA) is 88.1 Å². The third-order valence-electron chi connectivity index (χ3n) is 6.94. The van der Waals surface area contributed by atoms with E-state index in [4.69, 9.17) is 18.9 Å². The summed E-state index contributed by atoms with van der Waals surface area (Å²) in [5.74, 6) is 0.0660. The van der Waals surface area contributed by atoms with Gasteiger partial charge in [0.2, 0.25) is 0 Å². The minimum atomic E-state index is -0.484. The Morgan fingerprint density at radius 2 is 1.21 bits per heavy atom. The summed E-state index contributed by atoms with van der Waals surface area (Å²) in [5.41, 5.74) is 2.77. The van der Waals surface area contributed by atoms with Crippen LogP contribution in [0.1, 0.15) is 99.3 Å². The van der Waals surface area contributed by atoms with E-state index in [1.807, 2.05) is 50.2 Å². The molecule has 7 nitrogen and oxygen atoms in total. The van der Waals surface area contributed by atoms with Gasteiger partial charge in [-0.15, -0.1) is 0 Å². The van der Waals surface area contributed by atoms with Crippen molar-refractivity contribution < 1.29 is 33.3 Å². The van der Waals surface area contributed by atoms with E-state index in [1.165, 1.54) is 12.8 Å². The van der Waals surface area contributed by atoms with Crippen LogP contribution >= 0.6 is 0 Å². The lowest BCUT2D eigenvalue weighted by Gasteiger charge is -2.13. The highest BCUT2D eigenvalue weighted by atomic mass is 16.5. The smallest absolute Gasteiger partial charge is 0.343 e. The molecule has 0 saturated heterocycles. The Morgan fingerprint density at radius 1 is 0.628 bits per heavy atom. The quantitative estimate of drug-likeness (QED) is 0.0835. The zero-order valence-electron chi connectivity index (χ0n) is 25.6. The fraction of sp³-hybridized carbons (Fsp3) is 0.417. The highest BCUT2D eigenvalue weighted by molar-refractivity contribution is 5.92. The summed E-state index contributed by atoms with van der Waals surface area (Å²) in [6.45, 7) is 6.94. The Kier molecular flexibility index (Phi) is 14.3. The van der Waals surface area contributed by atoms with Gasteiger partial charge in [-0.2, -0.15) is 0 Å². The fourth-order valence-corrected chi connectivity index (χ4v) is 4.36. The van der Waals surface area contributed by atoms with Crippen molar-refractivity contribution in [2.24, 2.45) is 0 Å². The van der Waals surface area contributed by atoms with E-state index >= 15 is 0 Å². The zero-order valence-corrected chi connectivity index (χ0v) is 25.6. The van der Waals surface area contributed by atoms with Crippen LogP contribution in [0.2, 0.25) is 0 Å². The molecule has 1 atom stereocenters. The Labute approximate surface area is 255 Å². The molecule has 0 spiro atoms. The Bertz CT molecular complexity index is 1260. The molecule has 3 aromatic rings. The van der Waals surface area contributed by atoms with Crippen molar-refractivity contribution in [3.8, 4) is 22.6 Å². The van der Waals surface area contributed by atoms with Gasteiger partial charge in [-0.3, -0.25) is 4.79 Å². The van der Waals surface area contributed by atoms with Crippen molar-refractivity contribution in [2.75, 3.05) is 13.2 Å². The second-order valence-corrected chi connectivity index (χ2v) is 10.6. The fourth-order valence-electron chi connectivity index (χ4n) is 4.36. The average molecular weight is 589 g/mol. The third kappa shape index (κ3) is 11.9. The van der Waals surface area contributed by atoms with Crippen LogP contribution in [0.3, 0.4) is 0 Å². The lowest BCUT2D eigenvalue weighted by atomic mass is 10.0. The third-order valence-corrected chi connectivity index (χ3v) is 6.94. The van der Waals surface area contributed by atoms with Gasteiger partial charge in [-0.05, 0) is 85.8 Å². The lowest BCUT2D eigenvalue weighted by Crippen LogP contribution is -2.15. The van der Waals surface area contributed by atoms with Gasteiger partial charge in [-0.25, -0.2) is 9.59 Å². The summed E-state index contributed by atoms with van der Waals surface area (Å²) in [4.78, 5) is 36.7. The van der Waals surface area contributed by atoms with Crippen molar-refractivity contribution in [1.29, 1.82) is 0 Å². The number of carbonyl (C=O) groups is 3. The maximum absolute atomic E-state index is 12.7. The summed E-state index contributed by atoms with van der Waals surface area (Å²) >= 11 is 0. The Balaban J connectivity index is 1.43. The summed E-state index contributed by atoms with van der Waals surface area (Å²) in [7, 11) is 0. The highest BCUT2D eigenvalue weighted by Gasteiger charge is 2.14. The molecular weight excluding hydrogens is 544 g/mol. The molecule has 0 bridgehead atoms. The molecule has 43 heavy (non-hydrogen) atoms. The highest BCUT2D eigenvalue weighted by Crippen LogP contribution is 2.24. The van der Waals surface area contributed by atoms with Gasteiger partial charge in [0.05, 0.1) is 30.4 Å². The number of hydrogen-bond acceptors (Lipinski definition) is 7. The van der Waals surface area contributed by atoms with Crippen LogP contribution in [0.4, 0.5) is 0 Å². The number of ether oxygens (including phenoxy) is 4. The number of unbranched alkanes of at least 4 members (excludes halogenated alkanes) is 4. The van der Waals surface area contributed by atoms with Crippen molar-refractivity contribution >= 4 is 17.9 Å². The molecule has 0 aliphatic carbocycles. The van der Waals surface area contributed by atoms with Crippen LogP contribution in [0.15, 0.2) is 72.8 Å². The molecule has 0 fully saturated rings. The van der Waals surface area contributed by atoms with Crippen LogP contribution in [0, 0.1) is 0 Å². The minimum absolute atomic E-state index is 0.139. The lowest BCUT2D eigenvalue weighted by molar-refractivity contribution is -0.144. The molecule has 0 saturated carbocycles. The molecule has 230 valence electrons. The van der Waals surface area contributed by atoms with E-state index in [0.717, 1.165) is 49.0 Å². The van der Waals surface area contributed by atoms with Gasteiger partial charge in [0.25, 0.3) is 0 Å². The van der Waals surface area contributed by atoms with Gasteiger partial charge in [-0.1, -0.05) is 63.8 Å². The predicted octanol–water partition coefficient (Wildman–Crippen LogP) is 8.59. The number of rotatable bonds is 18. The zero-order chi connectivity index (χ0) is 30.9. The Morgan fingerprint density at radius 3 is 1.86 bits per heavy atom. The molecule has 0 aliphatic rings. The molecule has 0 radical (unpaired) electrons. The van der Waals surface area contributed by atoms with Crippen LogP contribution in [-0.4, -0.2) is 37.2 Å². The molecule has 1 unspecified atom stereocenters. The molecule has 0 aliphatic heterocycles. The second-order valence-electron chi connectivity index (χ2n) is 10.6. The van der Waals surface area contributed by atoms with E-state index in [1.54, 1.807) is 36.4 Å². The largest absolute Gasteiger partial charge is 0.493 e. The Hall–Kier alpha value is -4.13. The van der Waals surface area contributed by atoms with E-state index in [-0.39, 0.29) is 18.0 Å². The maximum atomic E-state index is 12.7. The molecule has 0 N–H and O–H groups in total. The van der Waals surface area contributed by atoms with Crippen molar-refractivity contribution in [1.82, 2.24) is 0 Å². The summed E-state index contributed by atoms with van der Waals surface area (Å²) < 4.78 is 22.0. The van der Waals surface area contributed by atoms with E-state index in [9.17, 15) is 14.4 Å². The number of benzene rings is 3. The number of esters is 3. The van der Waals surface area contributed by atoms with Crippen LogP contribution in [0.5, 0.6) is 11.5 Å². The molecule has 3 rings (SSSR count). The monoisotopic (exact) mass is 588 g/mol. The van der Waals surface area contributed by atoms with Gasteiger partial charge in [0.15, 0.2) is 0 Å². The molecular formula is C36H44O7. The number of hydrogen-bond donors (Lipinski definition) is 0. The summed E-state index contributed by atoms with van der Waals surface area (Å²) in [6, 6.07) is 21.2. The van der Waals surface area contributed by atoms with E-state index in [0.29, 0.717) is 42.9 Å². The first kappa shape index (κ1) is 33.4. The molecule has 0 amide bonds. The molecule has 3 aromatic carbocycles. The first-order valence-electron chi connectivity index (χ1n) is 15.4. The van der Waals surface area contributed by atoms with Gasteiger partial charge in [0.1, 0.15) is 11.5 Å². The van der Waals surface area contributed by atoms with Crippen molar-refractivity contribution in [3.63, 3.8) is 0 Å². The SMILES string of the molecule is CCCCCCC(C)OC(=O)c1ccc(OC(=O)c2ccc(-c3ccc(OCCCOC(=O)CCCC)cc3)cc2)cc1.